The van der Waals surface area contributed by atoms with E-state index in [9.17, 15) is 0 Å². The summed E-state index contributed by atoms with van der Waals surface area (Å²) in [5.74, 6) is 1.58. The van der Waals surface area contributed by atoms with Crippen LogP contribution in [0.15, 0.2) is 18.2 Å². The molecule has 0 bridgehead atoms. The zero-order valence-electron chi connectivity index (χ0n) is 11.0. The molecule has 19 heavy (non-hydrogen) atoms. The van der Waals surface area contributed by atoms with Crippen molar-refractivity contribution in [3.05, 3.63) is 18.2 Å². The van der Waals surface area contributed by atoms with Crippen molar-refractivity contribution < 1.29 is 9.47 Å². The average molecular weight is 278 g/mol. The molecule has 1 aliphatic heterocycles. The molecule has 0 amide bonds. The Balaban J connectivity index is 1.68. The van der Waals surface area contributed by atoms with Crippen LogP contribution in [0.4, 0.5) is 5.69 Å². The van der Waals surface area contributed by atoms with Gasteiger partial charge < -0.3 is 19.7 Å². The van der Waals surface area contributed by atoms with E-state index in [0.717, 1.165) is 22.3 Å². The van der Waals surface area contributed by atoms with Crippen molar-refractivity contribution in [2.75, 3.05) is 18.7 Å². The Kier molecular flexibility index (Phi) is 3.46. The molecule has 0 aromatic heterocycles. The number of ether oxygens (including phenoxy) is 2. The minimum atomic E-state index is 0.299. The highest BCUT2D eigenvalue weighted by Crippen LogP contribution is 2.35. The van der Waals surface area contributed by atoms with Crippen LogP contribution in [0, 0.1) is 0 Å². The molecule has 0 atom stereocenters. The summed E-state index contributed by atoms with van der Waals surface area (Å²) in [6.07, 6.45) is 5.03. The van der Waals surface area contributed by atoms with Crippen molar-refractivity contribution >= 4 is 23.0 Å². The zero-order chi connectivity index (χ0) is 13.2. The summed E-state index contributed by atoms with van der Waals surface area (Å²) in [5, 5.41) is 4.20. The molecule has 0 saturated heterocycles. The number of thiocarbonyl (C=S) groups is 1. The predicted molar refractivity (Wildman–Crippen MR) is 79.0 cm³/mol. The Hall–Kier alpha value is -1.49. The predicted octanol–water partition coefficient (Wildman–Crippen LogP) is 2.67. The molecule has 1 saturated carbocycles. The number of anilines is 1. The van der Waals surface area contributed by atoms with Gasteiger partial charge in [-0.25, -0.2) is 0 Å². The first kappa shape index (κ1) is 12.5. The Labute approximate surface area is 118 Å². The molecule has 1 aromatic carbocycles. The number of fused-ring (bicyclic) bond motifs is 1. The molecule has 1 N–H and O–H groups in total. The smallest absolute Gasteiger partial charge is 0.231 e. The van der Waals surface area contributed by atoms with Crippen molar-refractivity contribution in [3.8, 4) is 11.5 Å². The second-order valence-electron chi connectivity index (χ2n) is 5.03. The van der Waals surface area contributed by atoms with Gasteiger partial charge in [0.2, 0.25) is 6.79 Å². The van der Waals surface area contributed by atoms with E-state index in [1.54, 1.807) is 0 Å². The van der Waals surface area contributed by atoms with Gasteiger partial charge in [0.15, 0.2) is 16.6 Å². The third-order valence-electron chi connectivity index (χ3n) is 3.73. The van der Waals surface area contributed by atoms with Gasteiger partial charge in [0.25, 0.3) is 0 Å². The van der Waals surface area contributed by atoms with Crippen LogP contribution >= 0.6 is 12.2 Å². The maximum atomic E-state index is 5.47. The lowest BCUT2D eigenvalue weighted by atomic mass is 10.2. The largest absolute Gasteiger partial charge is 0.454 e. The Morgan fingerprint density at radius 1 is 1.26 bits per heavy atom. The van der Waals surface area contributed by atoms with E-state index in [4.69, 9.17) is 21.7 Å². The van der Waals surface area contributed by atoms with E-state index in [1.807, 2.05) is 30.1 Å². The van der Waals surface area contributed by atoms with Gasteiger partial charge in [0.05, 0.1) is 0 Å². The maximum Gasteiger partial charge on any atom is 0.231 e. The van der Waals surface area contributed by atoms with E-state index in [1.165, 1.54) is 25.7 Å². The zero-order valence-corrected chi connectivity index (χ0v) is 11.8. The summed E-state index contributed by atoms with van der Waals surface area (Å²) in [6.45, 7) is 0.299. The fourth-order valence-electron chi connectivity index (χ4n) is 2.55. The lowest BCUT2D eigenvalue weighted by Gasteiger charge is -2.24. The quantitative estimate of drug-likeness (QED) is 0.841. The number of nitrogens with one attached hydrogen (secondary N) is 1. The van der Waals surface area contributed by atoms with Gasteiger partial charge in [-0.1, -0.05) is 12.8 Å². The second kappa shape index (κ2) is 5.25. The van der Waals surface area contributed by atoms with Gasteiger partial charge in [-0.05, 0) is 37.2 Å². The van der Waals surface area contributed by atoms with Gasteiger partial charge in [-0.15, -0.1) is 0 Å². The first-order valence-electron chi connectivity index (χ1n) is 6.68. The minimum Gasteiger partial charge on any atom is -0.454 e. The van der Waals surface area contributed by atoms with E-state index >= 15 is 0 Å². The second-order valence-corrected chi connectivity index (χ2v) is 5.41. The molecule has 0 spiro atoms. The number of rotatable bonds is 2. The van der Waals surface area contributed by atoms with Crippen LogP contribution in [0.3, 0.4) is 0 Å². The molecule has 1 heterocycles. The van der Waals surface area contributed by atoms with Crippen LogP contribution < -0.4 is 19.7 Å². The topological polar surface area (TPSA) is 33.7 Å². The fraction of sp³-hybridized carbons (Fsp3) is 0.500. The average Bonchev–Trinajstić information content (AvgIpc) is 3.07. The molecule has 1 aromatic rings. The molecule has 0 radical (unpaired) electrons. The van der Waals surface area contributed by atoms with Gasteiger partial charge in [0.1, 0.15) is 0 Å². The molecule has 1 aliphatic carbocycles. The highest BCUT2D eigenvalue weighted by atomic mass is 32.1. The van der Waals surface area contributed by atoms with E-state index in [0.29, 0.717) is 12.8 Å². The fourth-order valence-corrected chi connectivity index (χ4v) is 2.82. The van der Waals surface area contributed by atoms with Crippen LogP contribution in [-0.2, 0) is 0 Å². The van der Waals surface area contributed by atoms with Crippen molar-refractivity contribution in [2.45, 2.75) is 31.7 Å². The van der Waals surface area contributed by atoms with Crippen LogP contribution in [0.25, 0.3) is 0 Å². The number of nitrogens with zero attached hydrogens (tertiary/aromatic N) is 1. The molecule has 0 unspecified atom stereocenters. The highest BCUT2D eigenvalue weighted by molar-refractivity contribution is 7.80. The number of benzene rings is 1. The van der Waals surface area contributed by atoms with Crippen LogP contribution in [-0.4, -0.2) is 25.0 Å². The van der Waals surface area contributed by atoms with Crippen molar-refractivity contribution in [1.29, 1.82) is 0 Å². The minimum absolute atomic E-state index is 0.299. The summed E-state index contributed by atoms with van der Waals surface area (Å²) in [6, 6.07) is 6.41. The van der Waals surface area contributed by atoms with Crippen molar-refractivity contribution in [1.82, 2.24) is 5.32 Å². The monoisotopic (exact) mass is 278 g/mol. The van der Waals surface area contributed by atoms with E-state index < -0.39 is 0 Å². The standard InChI is InChI=1S/C14H18N2O2S/c1-16(14(19)15-10-4-2-3-5-10)11-6-7-12-13(8-11)18-9-17-12/h6-8,10H,2-5,9H2,1H3,(H,15,19). The molecule has 4 nitrogen and oxygen atoms in total. The number of hydrogen-bond donors (Lipinski definition) is 1. The van der Waals surface area contributed by atoms with Gasteiger partial charge in [-0.3, -0.25) is 0 Å². The Morgan fingerprint density at radius 2 is 2.00 bits per heavy atom. The molecule has 2 aliphatic rings. The van der Waals surface area contributed by atoms with E-state index in [-0.39, 0.29) is 0 Å². The third kappa shape index (κ3) is 2.61. The lowest BCUT2D eigenvalue weighted by Crippen LogP contribution is -2.41. The molecule has 1 fully saturated rings. The number of hydrogen-bond acceptors (Lipinski definition) is 3. The van der Waals surface area contributed by atoms with Crippen LogP contribution in [0.2, 0.25) is 0 Å². The first-order valence-corrected chi connectivity index (χ1v) is 7.09. The molecule has 5 heteroatoms. The first-order chi connectivity index (χ1) is 9.24. The van der Waals surface area contributed by atoms with Crippen molar-refractivity contribution in [3.63, 3.8) is 0 Å². The summed E-state index contributed by atoms with van der Waals surface area (Å²) in [4.78, 5) is 1.98. The van der Waals surface area contributed by atoms with Crippen LogP contribution in [0.1, 0.15) is 25.7 Å². The lowest BCUT2D eigenvalue weighted by molar-refractivity contribution is 0.174. The Bertz CT molecular complexity index is 486. The summed E-state index contributed by atoms with van der Waals surface area (Å²) in [7, 11) is 1.97. The summed E-state index contributed by atoms with van der Waals surface area (Å²) in [5.41, 5.74) is 1.01. The molecular formula is C14H18N2O2S. The van der Waals surface area contributed by atoms with Gasteiger partial charge >= 0.3 is 0 Å². The maximum absolute atomic E-state index is 5.47. The SMILES string of the molecule is CN(C(=S)NC1CCCC1)c1ccc2c(c1)OCO2. The normalized spacial score (nSPS) is 17.5. The summed E-state index contributed by atoms with van der Waals surface area (Å²) >= 11 is 5.47. The Morgan fingerprint density at radius 3 is 2.79 bits per heavy atom. The van der Waals surface area contributed by atoms with Crippen molar-refractivity contribution in [2.24, 2.45) is 0 Å². The highest BCUT2D eigenvalue weighted by Gasteiger charge is 2.19. The van der Waals surface area contributed by atoms with Gasteiger partial charge in [0, 0.05) is 24.8 Å². The molecular weight excluding hydrogens is 260 g/mol. The molecule has 3 rings (SSSR count). The third-order valence-corrected chi connectivity index (χ3v) is 4.12. The van der Waals surface area contributed by atoms with Gasteiger partial charge in [-0.2, -0.15) is 0 Å². The summed E-state index contributed by atoms with van der Waals surface area (Å²) < 4.78 is 10.7. The van der Waals surface area contributed by atoms with Crippen LogP contribution in [0.5, 0.6) is 11.5 Å². The molecule has 102 valence electrons. The van der Waals surface area contributed by atoms with E-state index in [2.05, 4.69) is 5.32 Å².